The van der Waals surface area contributed by atoms with E-state index < -0.39 is 12.7 Å². The molecule has 0 fully saturated rings. The summed E-state index contributed by atoms with van der Waals surface area (Å²) in [6, 6.07) is 9.42. The van der Waals surface area contributed by atoms with E-state index >= 15 is 0 Å². The summed E-state index contributed by atoms with van der Waals surface area (Å²) in [5.74, 6) is 0. The molecule has 16 heavy (non-hydrogen) atoms. The fourth-order valence-electron chi connectivity index (χ4n) is 1.52. The van der Waals surface area contributed by atoms with Crippen molar-refractivity contribution in [3.63, 3.8) is 0 Å². The minimum Gasteiger partial charge on any atom is -0.306 e. The third-order valence-corrected chi connectivity index (χ3v) is 2.41. The van der Waals surface area contributed by atoms with Crippen LogP contribution in [0.5, 0.6) is 0 Å². The molecule has 1 aromatic carbocycles. The number of alkyl halides is 3. The lowest BCUT2D eigenvalue weighted by Gasteiger charge is -2.18. The largest absolute Gasteiger partial charge is 0.401 e. The highest BCUT2D eigenvalue weighted by Gasteiger charge is 2.27. The van der Waals surface area contributed by atoms with E-state index in [0.29, 0.717) is 12.8 Å². The van der Waals surface area contributed by atoms with Gasteiger partial charge in [0.15, 0.2) is 0 Å². The molecule has 1 unspecified atom stereocenters. The van der Waals surface area contributed by atoms with Crippen molar-refractivity contribution in [3.8, 4) is 0 Å². The number of benzene rings is 1. The van der Waals surface area contributed by atoms with E-state index in [4.69, 9.17) is 0 Å². The van der Waals surface area contributed by atoms with Gasteiger partial charge in [-0.15, -0.1) is 0 Å². The van der Waals surface area contributed by atoms with Gasteiger partial charge >= 0.3 is 6.18 Å². The van der Waals surface area contributed by atoms with Crippen molar-refractivity contribution in [2.24, 2.45) is 0 Å². The second-order valence-corrected chi connectivity index (χ2v) is 3.79. The third-order valence-electron chi connectivity index (χ3n) is 2.41. The number of rotatable bonds is 5. The van der Waals surface area contributed by atoms with E-state index in [-0.39, 0.29) is 6.04 Å². The summed E-state index contributed by atoms with van der Waals surface area (Å²) in [5, 5.41) is 2.53. The number of halogens is 3. The molecule has 90 valence electrons. The molecule has 0 bridgehead atoms. The molecule has 0 radical (unpaired) electrons. The minimum atomic E-state index is -4.13. The van der Waals surface area contributed by atoms with Gasteiger partial charge in [0.05, 0.1) is 6.54 Å². The molecule has 0 aliphatic heterocycles. The van der Waals surface area contributed by atoms with Crippen LogP contribution in [-0.4, -0.2) is 18.8 Å². The molecule has 0 aliphatic rings. The Kier molecular flexibility index (Phi) is 4.80. The third kappa shape index (κ3) is 5.16. The lowest BCUT2D eigenvalue weighted by molar-refractivity contribution is -0.126. The van der Waals surface area contributed by atoms with Gasteiger partial charge in [-0.25, -0.2) is 0 Å². The molecule has 0 aliphatic carbocycles. The van der Waals surface area contributed by atoms with Crippen LogP contribution in [0.3, 0.4) is 0 Å². The number of hydrogen-bond acceptors (Lipinski definition) is 1. The van der Waals surface area contributed by atoms with Gasteiger partial charge in [-0.1, -0.05) is 37.3 Å². The van der Waals surface area contributed by atoms with Crippen LogP contribution in [-0.2, 0) is 6.42 Å². The van der Waals surface area contributed by atoms with Gasteiger partial charge < -0.3 is 5.32 Å². The zero-order valence-corrected chi connectivity index (χ0v) is 9.22. The van der Waals surface area contributed by atoms with Gasteiger partial charge in [-0.05, 0) is 18.4 Å². The first-order chi connectivity index (χ1) is 7.51. The molecule has 0 amide bonds. The van der Waals surface area contributed by atoms with Gasteiger partial charge in [0.25, 0.3) is 0 Å². The highest BCUT2D eigenvalue weighted by Crippen LogP contribution is 2.14. The Balaban J connectivity index is 2.44. The molecule has 1 rings (SSSR count). The maximum absolute atomic E-state index is 12.0. The van der Waals surface area contributed by atoms with Crippen LogP contribution in [0, 0.1) is 0 Å². The van der Waals surface area contributed by atoms with Gasteiger partial charge in [0.2, 0.25) is 0 Å². The smallest absolute Gasteiger partial charge is 0.306 e. The van der Waals surface area contributed by atoms with Crippen molar-refractivity contribution in [2.45, 2.75) is 32.0 Å². The van der Waals surface area contributed by atoms with Gasteiger partial charge in [0.1, 0.15) is 0 Å². The van der Waals surface area contributed by atoms with Crippen LogP contribution in [0.1, 0.15) is 18.9 Å². The zero-order valence-electron chi connectivity index (χ0n) is 9.22. The Labute approximate surface area is 93.7 Å². The second kappa shape index (κ2) is 5.89. The molecule has 0 aromatic heterocycles. The number of hydrogen-bond donors (Lipinski definition) is 1. The van der Waals surface area contributed by atoms with E-state index in [1.807, 2.05) is 37.3 Å². The van der Waals surface area contributed by atoms with Gasteiger partial charge in [0, 0.05) is 6.04 Å². The van der Waals surface area contributed by atoms with Crippen LogP contribution in [0.4, 0.5) is 13.2 Å². The summed E-state index contributed by atoms with van der Waals surface area (Å²) in [6.45, 7) is 0.968. The molecule has 1 nitrogen and oxygen atoms in total. The quantitative estimate of drug-likeness (QED) is 0.820. The SMILES string of the molecule is CCC(Cc1ccccc1)NCC(F)(F)F. The van der Waals surface area contributed by atoms with Crippen LogP contribution in [0.2, 0.25) is 0 Å². The van der Waals surface area contributed by atoms with Crippen LogP contribution < -0.4 is 5.32 Å². The van der Waals surface area contributed by atoms with Gasteiger partial charge in [-0.3, -0.25) is 0 Å². The average molecular weight is 231 g/mol. The Morgan fingerprint density at radius 1 is 1.19 bits per heavy atom. The normalized spacial score (nSPS) is 13.8. The summed E-state index contributed by atoms with van der Waals surface area (Å²) in [7, 11) is 0. The Bertz CT molecular complexity index is 295. The van der Waals surface area contributed by atoms with Gasteiger partial charge in [-0.2, -0.15) is 13.2 Å². The monoisotopic (exact) mass is 231 g/mol. The first-order valence-corrected chi connectivity index (χ1v) is 5.35. The molecule has 0 saturated carbocycles. The standard InChI is InChI=1S/C12H16F3N/c1-2-11(16-9-12(13,14)15)8-10-6-4-3-5-7-10/h3-7,11,16H,2,8-9H2,1H3. The van der Waals surface area contributed by atoms with Crippen LogP contribution in [0.15, 0.2) is 30.3 Å². The van der Waals surface area contributed by atoms with E-state index in [0.717, 1.165) is 5.56 Å². The summed E-state index contributed by atoms with van der Waals surface area (Å²) < 4.78 is 36.1. The second-order valence-electron chi connectivity index (χ2n) is 3.79. The molecule has 1 atom stereocenters. The summed E-state index contributed by atoms with van der Waals surface area (Å²) in [6.07, 6.45) is -2.82. The molecule has 0 heterocycles. The predicted molar refractivity (Wildman–Crippen MR) is 58.3 cm³/mol. The van der Waals surface area contributed by atoms with Crippen molar-refractivity contribution >= 4 is 0 Å². The fourth-order valence-corrected chi connectivity index (χ4v) is 1.52. The van der Waals surface area contributed by atoms with Crippen molar-refractivity contribution in [2.75, 3.05) is 6.54 Å². The molecule has 0 spiro atoms. The highest BCUT2D eigenvalue weighted by atomic mass is 19.4. The lowest BCUT2D eigenvalue weighted by atomic mass is 10.0. The number of nitrogens with one attached hydrogen (secondary N) is 1. The molecular weight excluding hydrogens is 215 g/mol. The Morgan fingerprint density at radius 2 is 1.81 bits per heavy atom. The Hall–Kier alpha value is -1.03. The summed E-state index contributed by atoms with van der Waals surface area (Å²) in [5.41, 5.74) is 1.06. The summed E-state index contributed by atoms with van der Waals surface area (Å²) >= 11 is 0. The lowest BCUT2D eigenvalue weighted by Crippen LogP contribution is -2.37. The van der Waals surface area contributed by atoms with Crippen LogP contribution in [0.25, 0.3) is 0 Å². The van der Waals surface area contributed by atoms with Crippen molar-refractivity contribution in [1.29, 1.82) is 0 Å². The maximum atomic E-state index is 12.0. The molecule has 0 saturated heterocycles. The van der Waals surface area contributed by atoms with E-state index in [1.54, 1.807) is 0 Å². The first kappa shape index (κ1) is 13.0. The van der Waals surface area contributed by atoms with E-state index in [9.17, 15) is 13.2 Å². The predicted octanol–water partition coefficient (Wildman–Crippen LogP) is 3.16. The highest BCUT2D eigenvalue weighted by molar-refractivity contribution is 5.15. The zero-order chi connectivity index (χ0) is 12.0. The molecule has 1 aromatic rings. The fraction of sp³-hybridized carbons (Fsp3) is 0.500. The summed E-state index contributed by atoms with van der Waals surface area (Å²) in [4.78, 5) is 0. The molecule has 1 N–H and O–H groups in total. The van der Waals surface area contributed by atoms with Crippen LogP contribution >= 0.6 is 0 Å². The van der Waals surface area contributed by atoms with Crippen molar-refractivity contribution in [3.05, 3.63) is 35.9 Å². The first-order valence-electron chi connectivity index (χ1n) is 5.35. The van der Waals surface area contributed by atoms with E-state index in [2.05, 4.69) is 5.32 Å². The topological polar surface area (TPSA) is 12.0 Å². The minimum absolute atomic E-state index is 0.121. The average Bonchev–Trinajstić information content (AvgIpc) is 2.24. The van der Waals surface area contributed by atoms with Crippen molar-refractivity contribution in [1.82, 2.24) is 5.32 Å². The maximum Gasteiger partial charge on any atom is 0.401 e. The van der Waals surface area contributed by atoms with Crippen molar-refractivity contribution < 1.29 is 13.2 Å². The Morgan fingerprint density at radius 3 is 2.31 bits per heavy atom. The molecular formula is C12H16F3N. The van der Waals surface area contributed by atoms with E-state index in [1.165, 1.54) is 0 Å². The molecule has 4 heteroatoms.